The van der Waals surface area contributed by atoms with Gasteiger partial charge in [0.15, 0.2) is 16.6 Å². The Hall–Kier alpha value is 0.314. The van der Waals surface area contributed by atoms with Gasteiger partial charge in [-0.1, -0.05) is 13.8 Å². The highest BCUT2D eigenvalue weighted by Gasteiger charge is 2.66. The highest BCUT2D eigenvalue weighted by atomic mass is 28.4. The second kappa shape index (κ2) is 8.18. The number of hydrogen-bond donors (Lipinski definition) is 1. The SMILES string of the molecule is C[C@H](O[Si](C)(C)C)[C@@]1(O)CC[C@H]2[C@@H]3CC[C@@H]4C[C@H](O[Si](C)(C)C)CC[C@]4(C)[C@H]3CC[C@@]21C. The lowest BCUT2D eigenvalue weighted by atomic mass is 9.44. The fourth-order valence-electron chi connectivity index (χ4n) is 9.17. The van der Waals surface area contributed by atoms with Gasteiger partial charge in [-0.05, 0) is 133 Å². The Labute approximate surface area is 200 Å². The van der Waals surface area contributed by atoms with Gasteiger partial charge in [-0.15, -0.1) is 0 Å². The molecule has 0 amide bonds. The van der Waals surface area contributed by atoms with Gasteiger partial charge in [-0.25, -0.2) is 0 Å². The predicted molar refractivity (Wildman–Crippen MR) is 139 cm³/mol. The molecule has 9 atom stereocenters. The van der Waals surface area contributed by atoms with E-state index in [1.165, 1.54) is 51.4 Å². The summed E-state index contributed by atoms with van der Waals surface area (Å²) in [6.07, 6.45) is 11.7. The van der Waals surface area contributed by atoms with Gasteiger partial charge < -0.3 is 14.0 Å². The second-order valence-electron chi connectivity index (χ2n) is 14.6. The summed E-state index contributed by atoms with van der Waals surface area (Å²) in [5, 5.41) is 12.1. The molecule has 0 aromatic rings. The summed E-state index contributed by atoms with van der Waals surface area (Å²) in [6, 6.07) is 0. The van der Waals surface area contributed by atoms with E-state index in [0.717, 1.165) is 24.2 Å². The summed E-state index contributed by atoms with van der Waals surface area (Å²) in [7, 11) is -3.16. The van der Waals surface area contributed by atoms with Gasteiger partial charge in [-0.2, -0.15) is 0 Å². The summed E-state index contributed by atoms with van der Waals surface area (Å²) in [5.41, 5.74) is -0.178. The van der Waals surface area contributed by atoms with Gasteiger partial charge in [0.05, 0.1) is 11.7 Å². The lowest BCUT2D eigenvalue weighted by molar-refractivity contribution is -0.182. The van der Waals surface area contributed by atoms with E-state index in [0.29, 0.717) is 17.4 Å². The third-order valence-corrected chi connectivity index (χ3v) is 12.7. The fourth-order valence-corrected chi connectivity index (χ4v) is 11.6. The molecule has 4 saturated carbocycles. The minimum Gasteiger partial charge on any atom is -0.415 e. The minimum absolute atomic E-state index is 0.00851. The summed E-state index contributed by atoms with van der Waals surface area (Å²) < 4.78 is 13.1. The first-order valence-electron chi connectivity index (χ1n) is 13.7. The fraction of sp³-hybridized carbons (Fsp3) is 1.00. The van der Waals surface area contributed by atoms with E-state index in [-0.39, 0.29) is 11.5 Å². The zero-order chi connectivity index (χ0) is 23.7. The lowest BCUT2D eigenvalue weighted by Gasteiger charge is -2.62. The van der Waals surface area contributed by atoms with Crippen LogP contribution in [0.1, 0.15) is 78.6 Å². The van der Waals surface area contributed by atoms with E-state index in [9.17, 15) is 5.11 Å². The summed E-state index contributed by atoms with van der Waals surface area (Å²) in [6.45, 7) is 21.0. The third-order valence-electron chi connectivity index (χ3n) is 10.6. The molecule has 0 aliphatic heterocycles. The highest BCUT2D eigenvalue weighted by molar-refractivity contribution is 6.70. The molecule has 3 nitrogen and oxygen atoms in total. The van der Waals surface area contributed by atoms with Crippen LogP contribution < -0.4 is 0 Å². The van der Waals surface area contributed by atoms with Crippen LogP contribution in [-0.2, 0) is 8.85 Å². The maximum atomic E-state index is 12.1. The van der Waals surface area contributed by atoms with E-state index in [1.54, 1.807) is 0 Å². The molecule has 0 aromatic carbocycles. The van der Waals surface area contributed by atoms with Crippen LogP contribution in [0, 0.1) is 34.5 Å². The van der Waals surface area contributed by atoms with Crippen molar-refractivity contribution in [2.75, 3.05) is 0 Å². The topological polar surface area (TPSA) is 38.7 Å². The normalized spacial score (nSPS) is 48.0. The first-order valence-corrected chi connectivity index (χ1v) is 20.5. The van der Waals surface area contributed by atoms with Crippen LogP contribution in [0.25, 0.3) is 0 Å². The smallest absolute Gasteiger partial charge is 0.184 e. The third kappa shape index (κ3) is 4.25. The van der Waals surface area contributed by atoms with Crippen LogP contribution in [0.5, 0.6) is 0 Å². The van der Waals surface area contributed by atoms with Gasteiger partial charge in [0, 0.05) is 11.5 Å². The molecule has 0 saturated heterocycles. The van der Waals surface area contributed by atoms with Gasteiger partial charge in [-0.3, -0.25) is 0 Å². The Morgan fingerprint density at radius 3 is 2.09 bits per heavy atom. The van der Waals surface area contributed by atoms with Crippen LogP contribution in [0.15, 0.2) is 0 Å². The van der Waals surface area contributed by atoms with Crippen molar-refractivity contribution in [3.63, 3.8) is 0 Å². The standard InChI is InChI=1S/C27H52O3Si2/c1-19(29-31(4,5)6)27(28)17-14-24-22-11-10-20-18-21(30-32(7,8)9)12-15-25(20,2)23(22)13-16-26(24,27)3/h19-24,28H,10-18H2,1-9H3/t19-,20+,21+,22+,23-,24-,25-,26-,27-/m0/s1. The van der Waals surface area contributed by atoms with Crippen molar-refractivity contribution in [2.24, 2.45) is 34.5 Å². The molecule has 4 aliphatic rings. The zero-order valence-corrected chi connectivity index (χ0v) is 24.6. The van der Waals surface area contributed by atoms with Crippen LogP contribution in [0.3, 0.4) is 0 Å². The molecule has 4 rings (SSSR count). The number of rotatable bonds is 5. The van der Waals surface area contributed by atoms with E-state index in [4.69, 9.17) is 8.85 Å². The van der Waals surface area contributed by atoms with Crippen molar-refractivity contribution < 1.29 is 14.0 Å². The van der Waals surface area contributed by atoms with Crippen molar-refractivity contribution in [1.29, 1.82) is 0 Å². The van der Waals surface area contributed by atoms with E-state index >= 15 is 0 Å². The molecule has 0 heterocycles. The molecule has 5 heteroatoms. The van der Waals surface area contributed by atoms with Crippen molar-refractivity contribution in [1.82, 2.24) is 0 Å². The zero-order valence-electron chi connectivity index (χ0n) is 22.6. The number of aliphatic hydroxyl groups is 1. The van der Waals surface area contributed by atoms with Crippen molar-refractivity contribution in [2.45, 2.75) is 136 Å². The van der Waals surface area contributed by atoms with E-state index in [1.807, 2.05) is 0 Å². The molecule has 4 fully saturated rings. The molecule has 1 N–H and O–H groups in total. The van der Waals surface area contributed by atoms with Gasteiger partial charge in [0.1, 0.15) is 0 Å². The van der Waals surface area contributed by atoms with Crippen LogP contribution in [0.4, 0.5) is 0 Å². The Kier molecular flexibility index (Phi) is 6.49. The van der Waals surface area contributed by atoms with E-state index < -0.39 is 22.2 Å². The van der Waals surface area contributed by atoms with Crippen LogP contribution >= 0.6 is 0 Å². The largest absolute Gasteiger partial charge is 0.415 e. The molecule has 4 aliphatic carbocycles. The molecule has 32 heavy (non-hydrogen) atoms. The number of hydrogen-bond acceptors (Lipinski definition) is 3. The minimum atomic E-state index is -1.69. The molecule has 0 unspecified atom stereocenters. The van der Waals surface area contributed by atoms with Gasteiger partial charge in [0.25, 0.3) is 0 Å². The monoisotopic (exact) mass is 480 g/mol. The Balaban J connectivity index is 1.52. The predicted octanol–water partition coefficient (Wildman–Crippen LogP) is 7.22. The molecule has 0 radical (unpaired) electrons. The Morgan fingerprint density at radius 1 is 0.812 bits per heavy atom. The molecule has 186 valence electrons. The first kappa shape index (κ1) is 25.4. The average Bonchev–Trinajstić information content (AvgIpc) is 2.92. The average molecular weight is 481 g/mol. The maximum absolute atomic E-state index is 12.1. The molecular formula is C27H52O3Si2. The van der Waals surface area contributed by atoms with Crippen LogP contribution in [-0.4, -0.2) is 39.6 Å². The molecule has 0 aromatic heterocycles. The Bertz CT molecular complexity index is 700. The number of fused-ring (bicyclic) bond motifs is 5. The molecule has 0 bridgehead atoms. The van der Waals surface area contributed by atoms with Crippen molar-refractivity contribution in [3.05, 3.63) is 0 Å². The lowest BCUT2D eigenvalue weighted by Crippen LogP contribution is -2.60. The molecule has 0 spiro atoms. The Morgan fingerprint density at radius 2 is 1.47 bits per heavy atom. The first-order chi connectivity index (χ1) is 14.6. The second-order valence-corrected chi connectivity index (χ2v) is 23.5. The quantitative estimate of drug-likeness (QED) is 0.422. The van der Waals surface area contributed by atoms with Gasteiger partial charge in [0.2, 0.25) is 0 Å². The van der Waals surface area contributed by atoms with Crippen molar-refractivity contribution >= 4 is 16.6 Å². The summed E-state index contributed by atoms with van der Waals surface area (Å²) in [4.78, 5) is 0. The summed E-state index contributed by atoms with van der Waals surface area (Å²) in [5.74, 6) is 3.12. The molecular weight excluding hydrogens is 428 g/mol. The highest BCUT2D eigenvalue weighted by Crippen LogP contribution is 2.69. The van der Waals surface area contributed by atoms with Gasteiger partial charge >= 0.3 is 0 Å². The van der Waals surface area contributed by atoms with E-state index in [2.05, 4.69) is 60.1 Å². The summed E-state index contributed by atoms with van der Waals surface area (Å²) >= 11 is 0. The van der Waals surface area contributed by atoms with Crippen molar-refractivity contribution in [3.8, 4) is 0 Å². The maximum Gasteiger partial charge on any atom is 0.184 e. The van der Waals surface area contributed by atoms with Crippen LogP contribution in [0.2, 0.25) is 39.3 Å².